The average molecular weight is 304 g/mol. The Balaban J connectivity index is 1.52. The van der Waals surface area contributed by atoms with E-state index in [-0.39, 0.29) is 18.8 Å². The molecule has 4 rings (SSSR count). The quantitative estimate of drug-likeness (QED) is 0.805. The third-order valence-corrected chi connectivity index (χ3v) is 4.11. The van der Waals surface area contributed by atoms with Crippen molar-refractivity contribution >= 4 is 10.9 Å². The maximum absolute atomic E-state index is 13.3. The van der Waals surface area contributed by atoms with Gasteiger partial charge >= 0.3 is 0 Å². The van der Waals surface area contributed by atoms with E-state index >= 15 is 0 Å². The third kappa shape index (κ3) is 2.47. The minimum Gasteiger partial charge on any atom is -0.339 e. The molecule has 114 valence electrons. The van der Waals surface area contributed by atoms with Gasteiger partial charge in [0.05, 0.1) is 11.7 Å². The van der Waals surface area contributed by atoms with Gasteiger partial charge in [-0.3, -0.25) is 5.10 Å². The lowest BCUT2D eigenvalue weighted by atomic mass is 10.1. The molecule has 0 unspecified atom stereocenters. The molecule has 7 heteroatoms. The van der Waals surface area contributed by atoms with Crippen molar-refractivity contribution in [3.05, 3.63) is 41.7 Å². The topological polar surface area (TPSA) is 67.6 Å². The summed E-state index contributed by atoms with van der Waals surface area (Å²) >= 11 is 0. The van der Waals surface area contributed by atoms with E-state index in [1.165, 1.54) is 0 Å². The van der Waals surface area contributed by atoms with Crippen molar-refractivity contribution in [2.24, 2.45) is 0 Å². The molecular weight excluding hydrogens is 290 g/mol. The van der Waals surface area contributed by atoms with Crippen LogP contribution in [0.25, 0.3) is 10.9 Å². The highest BCUT2D eigenvalue weighted by Crippen LogP contribution is 2.43. The first-order chi connectivity index (χ1) is 10.6. The summed E-state index contributed by atoms with van der Waals surface area (Å²) in [4.78, 5) is 4.28. The summed E-state index contributed by atoms with van der Waals surface area (Å²) in [5, 5.41) is 11.8. The number of H-pyrrole nitrogens is 1. The monoisotopic (exact) mass is 304 g/mol. The second kappa shape index (κ2) is 4.86. The van der Waals surface area contributed by atoms with Gasteiger partial charge in [-0.05, 0) is 18.1 Å². The van der Waals surface area contributed by atoms with E-state index in [1.807, 2.05) is 18.2 Å². The molecule has 1 aliphatic rings. The Labute approximate surface area is 124 Å². The highest BCUT2D eigenvalue weighted by Gasteiger charge is 2.42. The van der Waals surface area contributed by atoms with Crippen molar-refractivity contribution in [3.8, 4) is 0 Å². The molecule has 5 nitrogen and oxygen atoms in total. The van der Waals surface area contributed by atoms with Gasteiger partial charge in [0, 0.05) is 30.6 Å². The lowest BCUT2D eigenvalue weighted by Crippen LogP contribution is -2.09. The number of hydrogen-bond donors (Lipinski definition) is 1. The molecule has 1 atom stereocenters. The van der Waals surface area contributed by atoms with Crippen molar-refractivity contribution in [1.29, 1.82) is 0 Å². The van der Waals surface area contributed by atoms with E-state index in [0.29, 0.717) is 24.6 Å². The molecule has 0 spiro atoms. The second-order valence-electron chi connectivity index (χ2n) is 5.81. The Morgan fingerprint density at radius 3 is 3.09 bits per heavy atom. The van der Waals surface area contributed by atoms with Gasteiger partial charge in [-0.25, -0.2) is 8.78 Å². The van der Waals surface area contributed by atoms with Gasteiger partial charge in [-0.2, -0.15) is 10.1 Å². The van der Waals surface area contributed by atoms with E-state index < -0.39 is 5.92 Å². The highest BCUT2D eigenvalue weighted by molar-refractivity contribution is 5.78. The Morgan fingerprint density at radius 2 is 2.27 bits per heavy atom. The van der Waals surface area contributed by atoms with Gasteiger partial charge in [0.15, 0.2) is 5.82 Å². The lowest BCUT2D eigenvalue weighted by Gasteiger charge is -2.06. The zero-order chi connectivity index (χ0) is 15.2. The van der Waals surface area contributed by atoms with Crippen LogP contribution in [0, 0.1) is 0 Å². The SMILES string of the molecule is FC1(F)CC[C@H](c2nc(Cc3ccc4cn[nH]c4c3)no2)C1. The van der Waals surface area contributed by atoms with E-state index in [0.717, 1.165) is 16.5 Å². The van der Waals surface area contributed by atoms with Crippen molar-refractivity contribution in [1.82, 2.24) is 20.3 Å². The van der Waals surface area contributed by atoms with Gasteiger partial charge in [-0.15, -0.1) is 0 Å². The van der Waals surface area contributed by atoms with Crippen LogP contribution in [0.5, 0.6) is 0 Å². The number of rotatable bonds is 3. The molecule has 3 aromatic rings. The fraction of sp³-hybridized carbons (Fsp3) is 0.400. The molecule has 1 saturated carbocycles. The van der Waals surface area contributed by atoms with Crippen LogP contribution in [0.3, 0.4) is 0 Å². The van der Waals surface area contributed by atoms with E-state index in [1.54, 1.807) is 6.20 Å². The largest absolute Gasteiger partial charge is 0.339 e. The van der Waals surface area contributed by atoms with Crippen LogP contribution in [0.15, 0.2) is 28.9 Å². The normalized spacial score (nSPS) is 20.7. The maximum Gasteiger partial charge on any atom is 0.248 e. The first-order valence-electron chi connectivity index (χ1n) is 7.21. The minimum absolute atomic E-state index is 0.105. The number of fused-ring (bicyclic) bond motifs is 1. The van der Waals surface area contributed by atoms with Gasteiger partial charge in [0.25, 0.3) is 0 Å². The zero-order valence-electron chi connectivity index (χ0n) is 11.7. The number of aromatic nitrogens is 4. The summed E-state index contributed by atoms with van der Waals surface area (Å²) in [7, 11) is 0. The number of benzene rings is 1. The summed E-state index contributed by atoms with van der Waals surface area (Å²) in [5.74, 6) is -2.09. The molecule has 1 aliphatic carbocycles. The zero-order valence-corrected chi connectivity index (χ0v) is 11.7. The van der Waals surface area contributed by atoms with E-state index in [2.05, 4.69) is 20.3 Å². The standard InChI is InChI=1S/C15H14F2N4O/c16-15(17)4-3-10(7-15)14-19-13(21-22-14)6-9-1-2-11-8-18-20-12(11)5-9/h1-2,5,8,10H,3-4,6-7H2,(H,18,20)/t10-/m0/s1. The van der Waals surface area contributed by atoms with Crippen molar-refractivity contribution < 1.29 is 13.3 Å². The van der Waals surface area contributed by atoms with Crippen LogP contribution in [0.2, 0.25) is 0 Å². The van der Waals surface area contributed by atoms with Crippen LogP contribution >= 0.6 is 0 Å². The third-order valence-electron chi connectivity index (χ3n) is 4.11. The van der Waals surface area contributed by atoms with Crippen LogP contribution < -0.4 is 0 Å². The molecule has 22 heavy (non-hydrogen) atoms. The molecule has 0 radical (unpaired) electrons. The van der Waals surface area contributed by atoms with Gasteiger partial charge in [0.2, 0.25) is 11.8 Å². The summed E-state index contributed by atoms with van der Waals surface area (Å²) in [6, 6.07) is 5.91. The van der Waals surface area contributed by atoms with Crippen molar-refractivity contribution in [3.63, 3.8) is 0 Å². The lowest BCUT2D eigenvalue weighted by molar-refractivity contribution is 0.00690. The Hall–Kier alpha value is -2.31. The number of nitrogens with one attached hydrogen (secondary N) is 1. The predicted octanol–water partition coefficient (Wildman–Crippen LogP) is 3.44. The number of halogens is 2. The smallest absolute Gasteiger partial charge is 0.248 e. The summed E-state index contributed by atoms with van der Waals surface area (Å²) in [5.41, 5.74) is 1.96. The summed E-state index contributed by atoms with van der Waals surface area (Å²) in [6.45, 7) is 0. The number of aromatic amines is 1. The Bertz CT molecular complexity index is 811. The molecule has 0 bridgehead atoms. The predicted molar refractivity (Wildman–Crippen MR) is 74.7 cm³/mol. The van der Waals surface area contributed by atoms with Crippen LogP contribution in [-0.2, 0) is 6.42 Å². The van der Waals surface area contributed by atoms with E-state index in [9.17, 15) is 8.78 Å². The first kappa shape index (κ1) is 13.4. The first-order valence-corrected chi connectivity index (χ1v) is 7.21. The second-order valence-corrected chi connectivity index (χ2v) is 5.81. The molecule has 2 heterocycles. The summed E-state index contributed by atoms with van der Waals surface area (Å²) < 4.78 is 31.7. The summed E-state index contributed by atoms with van der Waals surface area (Å²) in [6.07, 6.45) is 2.35. The van der Waals surface area contributed by atoms with Crippen LogP contribution in [-0.4, -0.2) is 26.3 Å². The number of nitrogens with zero attached hydrogens (tertiary/aromatic N) is 3. The molecule has 0 saturated heterocycles. The number of hydrogen-bond acceptors (Lipinski definition) is 4. The highest BCUT2D eigenvalue weighted by atomic mass is 19.3. The molecule has 0 aliphatic heterocycles. The molecular formula is C15H14F2N4O. The average Bonchev–Trinajstić information content (AvgIpc) is 3.17. The van der Waals surface area contributed by atoms with Gasteiger partial charge in [0.1, 0.15) is 0 Å². The fourth-order valence-electron chi connectivity index (χ4n) is 2.94. The minimum atomic E-state index is -2.61. The molecule has 1 fully saturated rings. The van der Waals surface area contributed by atoms with E-state index in [4.69, 9.17) is 4.52 Å². The molecule has 1 N–H and O–H groups in total. The van der Waals surface area contributed by atoms with Crippen molar-refractivity contribution in [2.45, 2.75) is 37.5 Å². The van der Waals surface area contributed by atoms with Gasteiger partial charge in [-0.1, -0.05) is 17.3 Å². The van der Waals surface area contributed by atoms with Gasteiger partial charge < -0.3 is 4.52 Å². The Kier molecular flexibility index (Phi) is 2.95. The fourth-order valence-corrected chi connectivity index (χ4v) is 2.94. The Morgan fingerprint density at radius 1 is 1.36 bits per heavy atom. The molecule has 1 aromatic carbocycles. The van der Waals surface area contributed by atoms with Crippen LogP contribution in [0.4, 0.5) is 8.78 Å². The maximum atomic E-state index is 13.3. The molecule has 2 aromatic heterocycles. The molecule has 0 amide bonds. The van der Waals surface area contributed by atoms with Crippen LogP contribution in [0.1, 0.15) is 42.5 Å². The van der Waals surface area contributed by atoms with Crippen molar-refractivity contribution in [2.75, 3.05) is 0 Å². The number of alkyl halides is 2.